The number of halogens is 2. The summed E-state index contributed by atoms with van der Waals surface area (Å²) in [6.45, 7) is 9.48. The van der Waals surface area contributed by atoms with Crippen molar-refractivity contribution in [3.8, 4) is 17.2 Å². The van der Waals surface area contributed by atoms with Crippen molar-refractivity contribution in [1.82, 2.24) is 0 Å². The van der Waals surface area contributed by atoms with Gasteiger partial charge in [0.15, 0.2) is 0 Å². The van der Waals surface area contributed by atoms with Crippen LogP contribution in [0.4, 0.5) is 0 Å². The van der Waals surface area contributed by atoms with Gasteiger partial charge in [-0.15, -0.1) is 0 Å². The second kappa shape index (κ2) is 11.0. The third kappa shape index (κ3) is 5.13. The van der Waals surface area contributed by atoms with E-state index in [-0.39, 0.29) is 12.0 Å². The first kappa shape index (κ1) is 23.7. The van der Waals surface area contributed by atoms with Crippen LogP contribution in [0.3, 0.4) is 0 Å². The maximum atomic E-state index is 6.37. The Morgan fingerprint density at radius 2 is 1.72 bits per heavy atom. The van der Waals surface area contributed by atoms with E-state index in [1.54, 1.807) is 19.2 Å². The van der Waals surface area contributed by atoms with Gasteiger partial charge in [0, 0.05) is 27.6 Å². The molecule has 0 amide bonds. The van der Waals surface area contributed by atoms with Gasteiger partial charge in [0.1, 0.15) is 23.9 Å². The molecule has 0 aliphatic carbocycles. The summed E-state index contributed by atoms with van der Waals surface area (Å²) in [5, 5.41) is 1.04. The number of fused-ring (bicyclic) bond motifs is 1. The summed E-state index contributed by atoms with van der Waals surface area (Å²) in [6.07, 6.45) is 4.58. The SMILES string of the molecule is CC.CCCC1(CCC)COc2cc(OCc3c(Cl)ccc(OC)c3Cl)ccc21. The number of methoxy groups -OCH3 is 1. The van der Waals surface area contributed by atoms with Crippen LogP contribution in [0, 0.1) is 0 Å². The molecule has 160 valence electrons. The zero-order valence-corrected chi connectivity index (χ0v) is 19.6. The molecule has 0 fully saturated rings. The molecule has 0 radical (unpaired) electrons. The summed E-state index contributed by atoms with van der Waals surface area (Å²) in [5.74, 6) is 2.26. The van der Waals surface area contributed by atoms with Crippen molar-refractivity contribution >= 4 is 23.2 Å². The molecule has 0 aromatic heterocycles. The van der Waals surface area contributed by atoms with Crippen LogP contribution in [0.2, 0.25) is 10.0 Å². The summed E-state index contributed by atoms with van der Waals surface area (Å²) in [6, 6.07) is 9.65. The van der Waals surface area contributed by atoms with Gasteiger partial charge < -0.3 is 14.2 Å². The molecular formula is C24H32Cl2O3. The molecule has 1 aliphatic heterocycles. The fourth-order valence-electron chi connectivity index (χ4n) is 3.96. The summed E-state index contributed by atoms with van der Waals surface area (Å²) >= 11 is 12.6. The van der Waals surface area contributed by atoms with Crippen molar-refractivity contribution in [2.75, 3.05) is 13.7 Å². The number of ether oxygens (including phenoxy) is 3. The Morgan fingerprint density at radius 3 is 2.34 bits per heavy atom. The Kier molecular flexibility index (Phi) is 8.98. The highest BCUT2D eigenvalue weighted by Gasteiger charge is 2.39. The van der Waals surface area contributed by atoms with Crippen LogP contribution in [0.5, 0.6) is 17.2 Å². The van der Waals surface area contributed by atoms with Crippen LogP contribution in [-0.4, -0.2) is 13.7 Å². The molecule has 5 heteroatoms. The number of hydrogen-bond donors (Lipinski definition) is 0. The number of hydrogen-bond acceptors (Lipinski definition) is 3. The number of rotatable bonds is 8. The minimum Gasteiger partial charge on any atom is -0.495 e. The van der Waals surface area contributed by atoms with Gasteiger partial charge in [0.2, 0.25) is 0 Å². The van der Waals surface area contributed by atoms with E-state index < -0.39 is 0 Å². The second-order valence-electron chi connectivity index (χ2n) is 7.06. The molecule has 0 bridgehead atoms. The molecular weight excluding hydrogens is 407 g/mol. The number of benzene rings is 2. The Balaban J connectivity index is 0.00000145. The van der Waals surface area contributed by atoms with Crippen LogP contribution in [-0.2, 0) is 12.0 Å². The van der Waals surface area contributed by atoms with E-state index in [0.29, 0.717) is 21.4 Å². The molecule has 2 aromatic carbocycles. The Morgan fingerprint density at radius 1 is 1.03 bits per heavy atom. The average molecular weight is 439 g/mol. The van der Waals surface area contributed by atoms with Gasteiger partial charge in [0.05, 0.1) is 18.7 Å². The van der Waals surface area contributed by atoms with Gasteiger partial charge in [-0.25, -0.2) is 0 Å². The topological polar surface area (TPSA) is 27.7 Å². The normalized spacial score (nSPS) is 13.8. The molecule has 1 aliphatic rings. The second-order valence-corrected chi connectivity index (χ2v) is 7.84. The lowest BCUT2D eigenvalue weighted by atomic mass is 9.75. The molecule has 0 N–H and O–H groups in total. The van der Waals surface area contributed by atoms with Crippen molar-refractivity contribution in [1.29, 1.82) is 0 Å². The van der Waals surface area contributed by atoms with E-state index >= 15 is 0 Å². The Hall–Kier alpha value is -1.58. The van der Waals surface area contributed by atoms with E-state index in [0.717, 1.165) is 43.8 Å². The molecule has 2 aromatic rings. The first-order valence-electron chi connectivity index (χ1n) is 10.5. The van der Waals surface area contributed by atoms with Gasteiger partial charge in [0.25, 0.3) is 0 Å². The van der Waals surface area contributed by atoms with Gasteiger partial charge in [-0.3, -0.25) is 0 Å². The molecule has 3 rings (SSSR count). The molecule has 3 nitrogen and oxygen atoms in total. The lowest BCUT2D eigenvalue weighted by Gasteiger charge is -2.27. The first-order valence-corrected chi connectivity index (χ1v) is 11.2. The van der Waals surface area contributed by atoms with Gasteiger partial charge >= 0.3 is 0 Å². The average Bonchev–Trinajstić information content (AvgIpc) is 3.08. The van der Waals surface area contributed by atoms with Crippen LogP contribution < -0.4 is 14.2 Å². The predicted octanol–water partition coefficient (Wildman–Crippen LogP) is 7.84. The highest BCUT2D eigenvalue weighted by atomic mass is 35.5. The fourth-order valence-corrected chi connectivity index (χ4v) is 4.52. The third-order valence-electron chi connectivity index (χ3n) is 5.24. The predicted molar refractivity (Wildman–Crippen MR) is 122 cm³/mol. The summed E-state index contributed by atoms with van der Waals surface area (Å²) in [5.41, 5.74) is 2.15. The zero-order chi connectivity index (χ0) is 21.4. The van der Waals surface area contributed by atoms with Crippen LogP contribution in [0.25, 0.3) is 0 Å². The first-order chi connectivity index (χ1) is 14.0. The van der Waals surface area contributed by atoms with Crippen LogP contribution >= 0.6 is 23.2 Å². The third-order valence-corrected chi connectivity index (χ3v) is 6.01. The van der Waals surface area contributed by atoms with Gasteiger partial charge in [-0.1, -0.05) is 69.8 Å². The molecule has 29 heavy (non-hydrogen) atoms. The smallest absolute Gasteiger partial charge is 0.137 e. The van der Waals surface area contributed by atoms with Crippen molar-refractivity contribution in [2.24, 2.45) is 0 Å². The lowest BCUT2D eigenvalue weighted by Crippen LogP contribution is -2.27. The fraction of sp³-hybridized carbons (Fsp3) is 0.500. The van der Waals surface area contributed by atoms with Crippen molar-refractivity contribution in [2.45, 2.75) is 65.4 Å². The molecule has 0 saturated heterocycles. The lowest BCUT2D eigenvalue weighted by molar-refractivity contribution is 0.238. The molecule has 1 heterocycles. The molecule has 0 saturated carbocycles. The summed E-state index contributed by atoms with van der Waals surface area (Å²) in [7, 11) is 1.58. The van der Waals surface area contributed by atoms with E-state index in [2.05, 4.69) is 19.9 Å². The maximum absolute atomic E-state index is 6.37. The molecule has 0 atom stereocenters. The Bertz CT molecular complexity index is 799. The summed E-state index contributed by atoms with van der Waals surface area (Å²) in [4.78, 5) is 0. The van der Waals surface area contributed by atoms with E-state index in [4.69, 9.17) is 37.4 Å². The Labute approximate surface area is 185 Å². The van der Waals surface area contributed by atoms with Crippen molar-refractivity contribution < 1.29 is 14.2 Å². The molecule has 0 unspecified atom stereocenters. The van der Waals surface area contributed by atoms with Crippen molar-refractivity contribution in [3.05, 3.63) is 51.5 Å². The van der Waals surface area contributed by atoms with Crippen molar-refractivity contribution in [3.63, 3.8) is 0 Å². The minimum atomic E-state index is 0.136. The zero-order valence-electron chi connectivity index (χ0n) is 18.1. The van der Waals surface area contributed by atoms with Gasteiger partial charge in [-0.05, 0) is 31.0 Å². The monoisotopic (exact) mass is 438 g/mol. The maximum Gasteiger partial charge on any atom is 0.137 e. The molecule has 0 spiro atoms. The highest BCUT2D eigenvalue weighted by molar-refractivity contribution is 6.36. The largest absolute Gasteiger partial charge is 0.495 e. The standard InChI is InChI=1S/C22H26Cl2O3.C2H6/c1-4-10-22(11-5-2)14-27-20-12-15(6-7-17(20)22)26-13-16-18(23)8-9-19(25-3)21(16)24;1-2/h6-9,12H,4-5,10-11,13-14H2,1-3H3;1-2H3. The van der Waals surface area contributed by atoms with E-state index in [1.807, 2.05) is 26.0 Å². The summed E-state index contributed by atoms with van der Waals surface area (Å²) < 4.78 is 17.3. The minimum absolute atomic E-state index is 0.136. The van der Waals surface area contributed by atoms with E-state index in [1.165, 1.54) is 5.56 Å². The van der Waals surface area contributed by atoms with Crippen LogP contribution in [0.15, 0.2) is 30.3 Å². The van der Waals surface area contributed by atoms with Gasteiger partial charge in [-0.2, -0.15) is 0 Å². The van der Waals surface area contributed by atoms with E-state index in [9.17, 15) is 0 Å². The quantitative estimate of drug-likeness (QED) is 0.419. The van der Waals surface area contributed by atoms with Crippen LogP contribution in [0.1, 0.15) is 64.5 Å². The highest BCUT2D eigenvalue weighted by Crippen LogP contribution is 2.46.